The molecule has 0 bridgehead atoms. The highest BCUT2D eigenvalue weighted by Gasteiger charge is 2.75. The molecule has 0 radical (unpaired) electrons. The van der Waals surface area contributed by atoms with Gasteiger partial charge in [0.15, 0.2) is 0 Å². The molecule has 0 aromatic carbocycles. The number of rotatable bonds is 3. The van der Waals surface area contributed by atoms with Crippen molar-refractivity contribution in [3.8, 4) is 0 Å². The third kappa shape index (κ3) is 0.977. The van der Waals surface area contributed by atoms with E-state index in [1.165, 1.54) is 0 Å². The van der Waals surface area contributed by atoms with Gasteiger partial charge in [-0.25, -0.2) is 8.78 Å². The van der Waals surface area contributed by atoms with Crippen LogP contribution in [0.4, 0.5) is 8.78 Å². The molecule has 0 amide bonds. The van der Waals surface area contributed by atoms with Crippen molar-refractivity contribution in [3.63, 3.8) is 0 Å². The summed E-state index contributed by atoms with van der Waals surface area (Å²) in [7, 11) is 0. The quantitative estimate of drug-likeness (QED) is 0.678. The summed E-state index contributed by atoms with van der Waals surface area (Å²) in [6, 6.07) is 0. The predicted molar refractivity (Wildman–Crippen MR) is 41.9 cm³/mol. The predicted octanol–water partition coefficient (Wildman–Crippen LogP) is 0.989. The molecule has 1 aliphatic rings. The Kier molecular flexibility index (Phi) is 1.96. The van der Waals surface area contributed by atoms with Crippen molar-refractivity contribution >= 4 is 0 Å². The molecule has 72 valence electrons. The lowest BCUT2D eigenvalue weighted by Gasteiger charge is -2.31. The van der Waals surface area contributed by atoms with Crippen LogP contribution in [0.5, 0.6) is 0 Å². The summed E-state index contributed by atoms with van der Waals surface area (Å²) in [6.45, 7) is 2.94. The van der Waals surface area contributed by atoms with E-state index in [-0.39, 0.29) is 19.6 Å². The number of hydrogen-bond donors (Lipinski definition) is 2. The molecule has 3 N–H and O–H groups in total. The molecule has 12 heavy (non-hydrogen) atoms. The minimum absolute atomic E-state index is 0.0619. The smallest absolute Gasteiger partial charge is 0.256 e. The number of hydrogen-bond acceptors (Lipinski definition) is 2. The van der Waals surface area contributed by atoms with Crippen LogP contribution < -0.4 is 5.73 Å². The van der Waals surface area contributed by atoms with Crippen LogP contribution in [0.3, 0.4) is 0 Å². The highest BCUT2D eigenvalue weighted by Crippen LogP contribution is 2.68. The monoisotopic (exact) mass is 179 g/mol. The van der Waals surface area contributed by atoms with Gasteiger partial charge in [-0.1, -0.05) is 13.8 Å². The van der Waals surface area contributed by atoms with Gasteiger partial charge in [0.2, 0.25) is 0 Å². The van der Waals surface area contributed by atoms with Gasteiger partial charge in [0.25, 0.3) is 5.92 Å². The summed E-state index contributed by atoms with van der Waals surface area (Å²) < 4.78 is 25.9. The van der Waals surface area contributed by atoms with Gasteiger partial charge in [0.1, 0.15) is 0 Å². The molecule has 0 spiro atoms. The van der Waals surface area contributed by atoms with Crippen LogP contribution in [0.1, 0.15) is 20.3 Å². The first kappa shape index (κ1) is 9.86. The lowest BCUT2D eigenvalue weighted by atomic mass is 9.76. The first-order chi connectivity index (χ1) is 5.33. The van der Waals surface area contributed by atoms with Crippen molar-refractivity contribution in [1.29, 1.82) is 0 Å². The maximum absolute atomic E-state index is 12.9. The highest BCUT2D eigenvalue weighted by atomic mass is 19.3. The molecule has 1 atom stereocenters. The third-order valence-electron chi connectivity index (χ3n) is 3.14. The van der Waals surface area contributed by atoms with Crippen LogP contribution in [-0.2, 0) is 0 Å². The first-order valence-electron chi connectivity index (χ1n) is 4.02. The van der Waals surface area contributed by atoms with Crippen molar-refractivity contribution in [2.75, 3.05) is 13.2 Å². The molecule has 0 aliphatic heterocycles. The SMILES string of the molecule is CC(C)(CO)C1(CN)CC1(F)F. The van der Waals surface area contributed by atoms with Crippen molar-refractivity contribution in [2.45, 2.75) is 26.2 Å². The Hall–Kier alpha value is -0.220. The third-order valence-corrected chi connectivity index (χ3v) is 3.14. The summed E-state index contributed by atoms with van der Waals surface area (Å²) in [5.74, 6) is -2.69. The molecule has 0 heterocycles. The first-order valence-corrected chi connectivity index (χ1v) is 4.02. The van der Waals surface area contributed by atoms with E-state index in [2.05, 4.69) is 0 Å². The fourth-order valence-electron chi connectivity index (χ4n) is 1.72. The molecule has 2 nitrogen and oxygen atoms in total. The number of aliphatic hydroxyl groups excluding tert-OH is 1. The Morgan fingerprint density at radius 2 is 1.92 bits per heavy atom. The topological polar surface area (TPSA) is 46.2 Å². The molecular formula is C8H15F2NO. The Morgan fingerprint density at radius 3 is 2.00 bits per heavy atom. The zero-order chi connectivity index (χ0) is 9.62. The number of nitrogens with two attached hydrogens (primary N) is 1. The number of halogens is 2. The van der Waals surface area contributed by atoms with Crippen molar-refractivity contribution in [2.24, 2.45) is 16.6 Å². The van der Waals surface area contributed by atoms with Gasteiger partial charge >= 0.3 is 0 Å². The summed E-state index contributed by atoms with van der Waals surface area (Å²) >= 11 is 0. The summed E-state index contributed by atoms with van der Waals surface area (Å²) in [5, 5.41) is 8.94. The fourth-order valence-corrected chi connectivity index (χ4v) is 1.72. The second kappa shape index (κ2) is 2.39. The largest absolute Gasteiger partial charge is 0.396 e. The van der Waals surface area contributed by atoms with Crippen molar-refractivity contribution in [1.82, 2.24) is 0 Å². The van der Waals surface area contributed by atoms with Crippen LogP contribution in [0.2, 0.25) is 0 Å². The second-order valence-electron chi connectivity index (χ2n) is 4.21. The Morgan fingerprint density at radius 1 is 1.50 bits per heavy atom. The summed E-state index contributed by atoms with van der Waals surface area (Å²) in [4.78, 5) is 0. The molecular weight excluding hydrogens is 164 g/mol. The van der Waals surface area contributed by atoms with E-state index in [0.717, 1.165) is 0 Å². The molecule has 0 aromatic rings. The van der Waals surface area contributed by atoms with Gasteiger partial charge in [-0.3, -0.25) is 0 Å². The van der Waals surface area contributed by atoms with Crippen LogP contribution in [-0.4, -0.2) is 24.2 Å². The molecule has 1 saturated carbocycles. The van der Waals surface area contributed by atoms with Crippen LogP contribution in [0.25, 0.3) is 0 Å². The van der Waals surface area contributed by atoms with Crippen LogP contribution in [0, 0.1) is 10.8 Å². The van der Waals surface area contributed by atoms with Gasteiger partial charge in [0.05, 0.1) is 5.41 Å². The van der Waals surface area contributed by atoms with E-state index in [1.807, 2.05) is 0 Å². The molecule has 4 heteroatoms. The minimum Gasteiger partial charge on any atom is -0.396 e. The lowest BCUT2D eigenvalue weighted by molar-refractivity contribution is -0.0137. The molecule has 0 aromatic heterocycles. The Labute approximate surface area is 70.8 Å². The maximum atomic E-state index is 12.9. The Balaban J connectivity index is 2.86. The van der Waals surface area contributed by atoms with Crippen molar-refractivity contribution in [3.05, 3.63) is 0 Å². The van der Waals surface area contributed by atoms with E-state index >= 15 is 0 Å². The van der Waals surface area contributed by atoms with Gasteiger partial charge in [-0.05, 0) is 0 Å². The normalized spacial score (nSPS) is 33.5. The lowest BCUT2D eigenvalue weighted by Crippen LogP contribution is -2.39. The second-order valence-corrected chi connectivity index (χ2v) is 4.21. The Bertz CT molecular complexity index is 193. The summed E-state index contributed by atoms with van der Waals surface area (Å²) in [6.07, 6.45) is -0.190. The molecule has 1 aliphatic carbocycles. The van der Waals surface area contributed by atoms with Crippen LogP contribution >= 0.6 is 0 Å². The molecule has 1 unspecified atom stereocenters. The summed E-state index contributed by atoms with van der Waals surface area (Å²) in [5.41, 5.74) is 3.36. The van der Waals surface area contributed by atoms with Gasteiger partial charge < -0.3 is 10.8 Å². The zero-order valence-corrected chi connectivity index (χ0v) is 7.40. The van der Waals surface area contributed by atoms with E-state index in [9.17, 15) is 8.78 Å². The van der Waals surface area contributed by atoms with E-state index < -0.39 is 16.8 Å². The standard InChI is InChI=1S/C8H15F2NO/c1-6(2,5-12)7(4-11)3-8(7,9)10/h12H,3-5,11H2,1-2H3. The minimum atomic E-state index is -2.69. The number of aliphatic hydroxyl groups is 1. The average Bonchev–Trinajstić information content (AvgIpc) is 2.55. The highest BCUT2D eigenvalue weighted by molar-refractivity contribution is 5.17. The maximum Gasteiger partial charge on any atom is 0.256 e. The molecule has 0 saturated heterocycles. The molecule has 1 fully saturated rings. The van der Waals surface area contributed by atoms with Crippen molar-refractivity contribution < 1.29 is 13.9 Å². The van der Waals surface area contributed by atoms with Gasteiger partial charge in [-0.15, -0.1) is 0 Å². The van der Waals surface area contributed by atoms with Crippen LogP contribution in [0.15, 0.2) is 0 Å². The zero-order valence-electron chi connectivity index (χ0n) is 7.40. The van der Waals surface area contributed by atoms with E-state index in [4.69, 9.17) is 10.8 Å². The van der Waals surface area contributed by atoms with Gasteiger partial charge in [0, 0.05) is 25.0 Å². The van der Waals surface area contributed by atoms with Gasteiger partial charge in [-0.2, -0.15) is 0 Å². The molecule has 1 rings (SSSR count). The fraction of sp³-hybridized carbons (Fsp3) is 1.00. The van der Waals surface area contributed by atoms with E-state index in [0.29, 0.717) is 0 Å². The number of alkyl halides is 2. The van der Waals surface area contributed by atoms with E-state index in [1.54, 1.807) is 13.8 Å². The average molecular weight is 179 g/mol.